The molecule has 2 N–H and O–H groups in total. The van der Waals surface area contributed by atoms with Crippen LogP contribution < -0.4 is 5.46 Å². The highest BCUT2D eigenvalue weighted by Gasteiger charge is 2.23. The molecule has 0 amide bonds. The number of furan rings is 2. The van der Waals surface area contributed by atoms with Crippen LogP contribution in [-0.2, 0) is 0 Å². The molecule has 0 aliphatic heterocycles. The molecule has 0 radical (unpaired) electrons. The van der Waals surface area contributed by atoms with Crippen LogP contribution in [0.4, 0.5) is 0 Å². The van der Waals surface area contributed by atoms with Crippen molar-refractivity contribution >= 4 is 137 Å². The average molecular weight is 1220 g/mol. The van der Waals surface area contributed by atoms with Gasteiger partial charge >= 0.3 is 7.12 Å². The highest BCUT2D eigenvalue weighted by Crippen LogP contribution is 2.46. The fourth-order valence-electron chi connectivity index (χ4n) is 13.6. The molecule has 18 aromatic rings. The Kier molecular flexibility index (Phi) is 13.9. The Morgan fingerprint density at radius 3 is 1.00 bits per heavy atom. The molecule has 0 aliphatic rings. The first-order chi connectivity index (χ1) is 44.4. The topological polar surface area (TPSA) is 66.7 Å². The molecule has 6 heteroatoms. The number of hydrogen-bond acceptors (Lipinski definition) is 4. The Morgan fingerprint density at radius 2 is 0.567 bits per heavy atom. The van der Waals surface area contributed by atoms with E-state index in [1.165, 1.54) is 70.7 Å². The van der Waals surface area contributed by atoms with E-state index in [-0.39, 0.29) is 0 Å². The van der Waals surface area contributed by atoms with E-state index in [0.717, 1.165) is 97.9 Å². The molecule has 18 rings (SSSR count). The van der Waals surface area contributed by atoms with Crippen LogP contribution in [0.25, 0.3) is 164 Å². The third-order valence-electron chi connectivity index (χ3n) is 17.6. The van der Waals surface area contributed by atoms with Crippen LogP contribution in [0.5, 0.6) is 0 Å². The molecule has 2 heterocycles. The molecule has 0 fully saturated rings. The zero-order valence-electron chi connectivity index (χ0n) is 48.7. The number of para-hydroxylation sites is 4. The van der Waals surface area contributed by atoms with Gasteiger partial charge in [-0.1, -0.05) is 289 Å². The Morgan fingerprint density at radius 1 is 0.244 bits per heavy atom. The van der Waals surface area contributed by atoms with Crippen LogP contribution in [0.3, 0.4) is 0 Å². The minimum atomic E-state index is -1.52. The van der Waals surface area contributed by atoms with E-state index in [2.05, 4.69) is 240 Å². The van der Waals surface area contributed by atoms with Crippen molar-refractivity contribution < 1.29 is 18.9 Å². The summed E-state index contributed by atoms with van der Waals surface area (Å²) >= 11 is 3.53. The smallest absolute Gasteiger partial charge is 0.455 e. The quantitative estimate of drug-likeness (QED) is 0.129. The number of fused-ring (bicyclic) bond motifs is 12. The number of halogens is 1. The van der Waals surface area contributed by atoms with Crippen molar-refractivity contribution in [1.29, 1.82) is 0 Å². The normalized spacial score (nSPS) is 11.5. The van der Waals surface area contributed by atoms with Gasteiger partial charge in [0.05, 0.1) is 0 Å². The predicted molar refractivity (Wildman–Crippen MR) is 384 cm³/mol. The second-order valence-corrected chi connectivity index (χ2v) is 23.8. The third kappa shape index (κ3) is 9.66. The van der Waals surface area contributed by atoms with E-state index in [0.29, 0.717) is 5.46 Å². The standard InChI is InChI=1S/C42H26O.C24H17BO2.C18H11BrO/c1-2-12-28-25-31(24-23-27(28)11-1)41-36-18-5-3-16-34(36)40(35-17-4-6-19-37(35)41)30-14-9-13-29(26-30)32-20-10-21-38-33-15-7-8-22-39(33)43-42(32)38;26-25(27)24-21-11-5-3-9-19(21)23(20-10-4-6-12-22(20)24)18-14-13-16-7-1-2-8-17(16)15-18;19-13-6-3-5-12(11-13)14-8-4-9-16-15-7-1-2-10-17(15)20-18(14)16/h1-26H;1-15,26-27H;1-11H. The summed E-state index contributed by atoms with van der Waals surface area (Å²) in [5.74, 6) is 0. The van der Waals surface area contributed by atoms with Gasteiger partial charge in [-0.05, 0) is 157 Å². The molecule has 2 aromatic heterocycles. The molecule has 424 valence electrons. The summed E-state index contributed by atoms with van der Waals surface area (Å²) in [6.07, 6.45) is 0. The van der Waals surface area contributed by atoms with E-state index in [9.17, 15) is 10.0 Å². The average Bonchev–Trinajstić information content (AvgIpc) is 1.15. The van der Waals surface area contributed by atoms with Crippen LogP contribution >= 0.6 is 15.9 Å². The fraction of sp³-hybridized carbons (Fsp3) is 0. The summed E-state index contributed by atoms with van der Waals surface area (Å²) in [7, 11) is -1.52. The van der Waals surface area contributed by atoms with Crippen molar-refractivity contribution in [2.24, 2.45) is 0 Å². The van der Waals surface area contributed by atoms with Gasteiger partial charge in [0, 0.05) is 37.1 Å². The van der Waals surface area contributed by atoms with Gasteiger partial charge in [0.1, 0.15) is 22.3 Å². The van der Waals surface area contributed by atoms with Gasteiger partial charge in [-0.15, -0.1) is 0 Å². The summed E-state index contributed by atoms with van der Waals surface area (Å²) in [5, 5.41) is 38.5. The van der Waals surface area contributed by atoms with Crippen molar-refractivity contribution in [2.75, 3.05) is 0 Å². The van der Waals surface area contributed by atoms with Crippen molar-refractivity contribution in [3.05, 3.63) is 320 Å². The summed E-state index contributed by atoms with van der Waals surface area (Å²) in [6, 6.07) is 110. The monoisotopic (exact) mass is 1220 g/mol. The summed E-state index contributed by atoms with van der Waals surface area (Å²) in [6.45, 7) is 0. The second kappa shape index (κ2) is 23.0. The maximum atomic E-state index is 10.1. The maximum absolute atomic E-state index is 10.1. The molecule has 0 bridgehead atoms. The predicted octanol–water partition coefficient (Wildman–Crippen LogP) is 22.6. The zero-order valence-corrected chi connectivity index (χ0v) is 50.3. The number of hydrogen-bond donors (Lipinski definition) is 2. The number of rotatable bonds is 6. The lowest BCUT2D eigenvalue weighted by Crippen LogP contribution is -2.31. The molecular weight excluding hydrogens is 1160 g/mol. The van der Waals surface area contributed by atoms with Crippen LogP contribution in [0.1, 0.15) is 0 Å². The molecule has 0 saturated heterocycles. The summed E-state index contributed by atoms with van der Waals surface area (Å²) < 4.78 is 13.6. The van der Waals surface area contributed by atoms with Crippen LogP contribution in [0, 0.1) is 0 Å². The lowest BCUT2D eigenvalue weighted by Gasteiger charge is -2.18. The SMILES string of the molecule is Brc1cccc(-c2cccc3c2oc2ccccc23)c1.OB(O)c1c2ccccc2c(-c2ccc3ccccc3c2)c2ccccc12.c1cc(-c2c3ccccc3c(-c3ccc4ccccc4c3)c3ccccc23)cc(-c2cccc3c2oc2ccccc23)c1. The Labute approximate surface area is 528 Å². The van der Waals surface area contributed by atoms with Gasteiger partial charge in [-0.3, -0.25) is 0 Å². The van der Waals surface area contributed by atoms with E-state index < -0.39 is 7.12 Å². The minimum Gasteiger partial charge on any atom is -0.455 e. The molecule has 90 heavy (non-hydrogen) atoms. The Hall–Kier alpha value is -10.9. The maximum Gasteiger partial charge on any atom is 0.489 e. The lowest BCUT2D eigenvalue weighted by molar-refractivity contribution is 0.426. The Balaban J connectivity index is 0.000000118. The van der Waals surface area contributed by atoms with Crippen molar-refractivity contribution in [2.45, 2.75) is 0 Å². The first-order valence-corrected chi connectivity index (χ1v) is 31.1. The minimum absolute atomic E-state index is 0.561. The fourth-order valence-corrected chi connectivity index (χ4v) is 14.0. The van der Waals surface area contributed by atoms with E-state index in [1.807, 2.05) is 91.0 Å². The molecule has 0 aliphatic carbocycles. The molecule has 4 nitrogen and oxygen atoms in total. The molecule has 0 unspecified atom stereocenters. The highest BCUT2D eigenvalue weighted by atomic mass is 79.9. The molecule has 0 atom stereocenters. The third-order valence-corrected chi connectivity index (χ3v) is 18.1. The van der Waals surface area contributed by atoms with Gasteiger partial charge in [-0.2, -0.15) is 0 Å². The van der Waals surface area contributed by atoms with Gasteiger partial charge in [0.15, 0.2) is 0 Å². The van der Waals surface area contributed by atoms with Crippen LogP contribution in [0.2, 0.25) is 0 Å². The van der Waals surface area contributed by atoms with Crippen molar-refractivity contribution in [3.8, 4) is 55.6 Å². The zero-order chi connectivity index (χ0) is 60.2. The van der Waals surface area contributed by atoms with E-state index >= 15 is 0 Å². The summed E-state index contributed by atoms with van der Waals surface area (Å²) in [4.78, 5) is 0. The number of benzene rings is 16. The van der Waals surface area contributed by atoms with Crippen molar-refractivity contribution in [1.82, 2.24) is 0 Å². The van der Waals surface area contributed by atoms with Gasteiger partial charge < -0.3 is 18.9 Å². The van der Waals surface area contributed by atoms with E-state index in [4.69, 9.17) is 8.83 Å². The van der Waals surface area contributed by atoms with Crippen LogP contribution in [0.15, 0.2) is 329 Å². The Bertz CT molecular complexity index is 5710. The van der Waals surface area contributed by atoms with E-state index in [1.54, 1.807) is 0 Å². The van der Waals surface area contributed by atoms with Gasteiger partial charge in [-0.25, -0.2) is 0 Å². The molecular formula is C84H54BBrO4. The first-order valence-electron chi connectivity index (χ1n) is 30.3. The van der Waals surface area contributed by atoms with Gasteiger partial charge in [0.25, 0.3) is 0 Å². The second-order valence-electron chi connectivity index (χ2n) is 22.9. The molecule has 0 spiro atoms. The summed E-state index contributed by atoms with van der Waals surface area (Å²) in [5.41, 5.74) is 16.1. The van der Waals surface area contributed by atoms with Crippen molar-refractivity contribution in [3.63, 3.8) is 0 Å². The van der Waals surface area contributed by atoms with Gasteiger partial charge in [0.2, 0.25) is 0 Å². The lowest BCUT2D eigenvalue weighted by atomic mass is 9.72. The highest BCUT2D eigenvalue weighted by molar-refractivity contribution is 9.10. The first kappa shape index (κ1) is 54.5. The molecule has 16 aromatic carbocycles. The van der Waals surface area contributed by atoms with Crippen LogP contribution in [-0.4, -0.2) is 17.2 Å². The molecule has 0 saturated carbocycles. The largest absolute Gasteiger partial charge is 0.489 e.